The summed E-state index contributed by atoms with van der Waals surface area (Å²) >= 11 is 5.91. The molecule has 1 aromatic rings. The van der Waals surface area contributed by atoms with Gasteiger partial charge in [-0.25, -0.2) is 0 Å². The lowest BCUT2D eigenvalue weighted by Gasteiger charge is -2.11. The predicted octanol–water partition coefficient (Wildman–Crippen LogP) is 2.52. The molecule has 2 N–H and O–H groups in total. The molecule has 0 amide bonds. The van der Waals surface area contributed by atoms with E-state index in [1.807, 2.05) is 31.2 Å². The average molecular weight is 200 g/mol. The molecular formula is C10H14ClNO. The topological polar surface area (TPSA) is 32.3 Å². The highest BCUT2D eigenvalue weighted by Crippen LogP contribution is 2.20. The summed E-state index contributed by atoms with van der Waals surface area (Å²) in [5, 5.41) is 13.1. The van der Waals surface area contributed by atoms with Gasteiger partial charge in [-0.3, -0.25) is 0 Å². The highest BCUT2D eigenvalue weighted by atomic mass is 35.5. The van der Waals surface area contributed by atoms with Crippen LogP contribution in [-0.4, -0.2) is 17.8 Å². The lowest BCUT2D eigenvalue weighted by atomic mass is 10.2. The molecule has 0 spiro atoms. The van der Waals surface area contributed by atoms with Gasteiger partial charge in [-0.1, -0.05) is 30.7 Å². The average Bonchev–Trinajstić information content (AvgIpc) is 2.16. The molecule has 2 nitrogen and oxygen atoms in total. The van der Waals surface area contributed by atoms with Crippen molar-refractivity contribution in [2.75, 3.05) is 11.9 Å². The van der Waals surface area contributed by atoms with Crippen LogP contribution in [0.5, 0.6) is 0 Å². The van der Waals surface area contributed by atoms with Crippen molar-refractivity contribution in [1.29, 1.82) is 0 Å². The molecule has 0 aliphatic carbocycles. The van der Waals surface area contributed by atoms with Gasteiger partial charge in [0.15, 0.2) is 0 Å². The van der Waals surface area contributed by atoms with E-state index in [4.69, 9.17) is 11.6 Å². The Hall–Kier alpha value is -0.730. The molecule has 0 bridgehead atoms. The van der Waals surface area contributed by atoms with Crippen LogP contribution in [0.15, 0.2) is 24.3 Å². The first-order chi connectivity index (χ1) is 6.24. The Balaban J connectivity index is 2.50. The summed E-state index contributed by atoms with van der Waals surface area (Å²) in [7, 11) is 0. The molecule has 1 atom stereocenters. The van der Waals surface area contributed by atoms with Crippen molar-refractivity contribution in [3.8, 4) is 0 Å². The number of hydrogen-bond donors (Lipinski definition) is 2. The maximum atomic E-state index is 9.30. The standard InChI is InChI=1S/C10H14ClNO/c1-2-8(13)7-12-10-6-4-3-5-9(10)11/h3-6,8,12-13H,2,7H2,1H3/t8-/m1/s1. The van der Waals surface area contributed by atoms with Crippen LogP contribution in [0.2, 0.25) is 5.02 Å². The molecule has 0 unspecified atom stereocenters. The quantitative estimate of drug-likeness (QED) is 0.781. The Labute approximate surface area is 83.5 Å². The summed E-state index contributed by atoms with van der Waals surface area (Å²) in [4.78, 5) is 0. The minimum Gasteiger partial charge on any atom is -0.391 e. The number of rotatable bonds is 4. The van der Waals surface area contributed by atoms with Gasteiger partial charge in [0.05, 0.1) is 16.8 Å². The normalized spacial score (nSPS) is 12.5. The molecule has 72 valence electrons. The fourth-order valence-corrected chi connectivity index (χ4v) is 1.18. The van der Waals surface area contributed by atoms with E-state index < -0.39 is 0 Å². The van der Waals surface area contributed by atoms with Gasteiger partial charge in [0, 0.05) is 6.54 Å². The molecule has 0 fully saturated rings. The lowest BCUT2D eigenvalue weighted by molar-refractivity contribution is 0.183. The summed E-state index contributed by atoms with van der Waals surface area (Å²) in [6.07, 6.45) is 0.438. The molecular weight excluding hydrogens is 186 g/mol. The highest BCUT2D eigenvalue weighted by molar-refractivity contribution is 6.33. The van der Waals surface area contributed by atoms with Gasteiger partial charge < -0.3 is 10.4 Å². The molecule has 0 radical (unpaired) electrons. The molecule has 13 heavy (non-hydrogen) atoms. The van der Waals surface area contributed by atoms with Gasteiger partial charge in [-0.05, 0) is 18.6 Å². The van der Waals surface area contributed by atoms with Crippen LogP contribution in [0, 0.1) is 0 Å². The third-order valence-electron chi connectivity index (χ3n) is 1.87. The first kappa shape index (κ1) is 10.4. The van der Waals surface area contributed by atoms with Crippen LogP contribution in [0.4, 0.5) is 5.69 Å². The summed E-state index contributed by atoms with van der Waals surface area (Å²) in [6.45, 7) is 2.49. The Kier molecular flexibility index (Phi) is 4.06. The van der Waals surface area contributed by atoms with E-state index in [2.05, 4.69) is 5.32 Å². The third kappa shape index (κ3) is 3.25. The number of aliphatic hydroxyl groups is 1. The zero-order valence-electron chi connectivity index (χ0n) is 7.63. The van der Waals surface area contributed by atoms with E-state index in [0.29, 0.717) is 11.6 Å². The van der Waals surface area contributed by atoms with E-state index in [0.717, 1.165) is 12.1 Å². The van der Waals surface area contributed by atoms with E-state index in [-0.39, 0.29) is 6.10 Å². The van der Waals surface area contributed by atoms with E-state index in [1.165, 1.54) is 0 Å². The Bertz CT molecular complexity index is 265. The molecule has 0 aliphatic rings. The second-order valence-electron chi connectivity index (χ2n) is 2.92. The first-order valence-electron chi connectivity index (χ1n) is 4.40. The van der Waals surface area contributed by atoms with Crippen LogP contribution in [0.25, 0.3) is 0 Å². The summed E-state index contributed by atoms with van der Waals surface area (Å²) in [5.41, 5.74) is 0.872. The third-order valence-corrected chi connectivity index (χ3v) is 2.20. The molecule has 0 saturated carbocycles. The SMILES string of the molecule is CC[C@@H](O)CNc1ccccc1Cl. The highest BCUT2D eigenvalue weighted by Gasteiger charge is 2.01. The molecule has 0 aliphatic heterocycles. The Morgan fingerprint density at radius 2 is 2.15 bits per heavy atom. The number of hydrogen-bond acceptors (Lipinski definition) is 2. The smallest absolute Gasteiger partial charge is 0.0709 e. The maximum absolute atomic E-state index is 9.30. The van der Waals surface area contributed by atoms with E-state index in [1.54, 1.807) is 0 Å². The van der Waals surface area contributed by atoms with Crippen molar-refractivity contribution in [1.82, 2.24) is 0 Å². The number of halogens is 1. The lowest BCUT2D eigenvalue weighted by Crippen LogP contribution is -2.18. The largest absolute Gasteiger partial charge is 0.391 e. The maximum Gasteiger partial charge on any atom is 0.0709 e. The van der Waals surface area contributed by atoms with Gasteiger partial charge in [-0.2, -0.15) is 0 Å². The van der Waals surface area contributed by atoms with Crippen molar-refractivity contribution in [3.63, 3.8) is 0 Å². The van der Waals surface area contributed by atoms with Gasteiger partial charge in [0.2, 0.25) is 0 Å². The molecule has 0 aromatic heterocycles. The van der Waals surface area contributed by atoms with Crippen LogP contribution < -0.4 is 5.32 Å². The van der Waals surface area contributed by atoms with Crippen molar-refractivity contribution in [2.24, 2.45) is 0 Å². The Morgan fingerprint density at radius 1 is 1.46 bits per heavy atom. The molecule has 3 heteroatoms. The fraction of sp³-hybridized carbons (Fsp3) is 0.400. The minimum atomic E-state index is -0.309. The monoisotopic (exact) mass is 199 g/mol. The summed E-state index contributed by atoms with van der Waals surface area (Å²) in [6, 6.07) is 7.50. The number of aliphatic hydroxyl groups excluding tert-OH is 1. The van der Waals surface area contributed by atoms with Crippen LogP contribution in [0.3, 0.4) is 0 Å². The minimum absolute atomic E-state index is 0.309. The predicted molar refractivity (Wildman–Crippen MR) is 56.2 cm³/mol. The molecule has 1 aromatic carbocycles. The summed E-state index contributed by atoms with van der Waals surface area (Å²) < 4.78 is 0. The van der Waals surface area contributed by atoms with Crippen molar-refractivity contribution in [3.05, 3.63) is 29.3 Å². The number of para-hydroxylation sites is 1. The van der Waals surface area contributed by atoms with Gasteiger partial charge in [0.25, 0.3) is 0 Å². The summed E-state index contributed by atoms with van der Waals surface area (Å²) in [5.74, 6) is 0. The second-order valence-corrected chi connectivity index (χ2v) is 3.33. The van der Waals surface area contributed by atoms with Crippen molar-refractivity contribution >= 4 is 17.3 Å². The van der Waals surface area contributed by atoms with Gasteiger partial charge >= 0.3 is 0 Å². The second kappa shape index (κ2) is 5.10. The first-order valence-corrected chi connectivity index (χ1v) is 4.78. The van der Waals surface area contributed by atoms with Crippen LogP contribution in [-0.2, 0) is 0 Å². The zero-order chi connectivity index (χ0) is 9.68. The molecule has 0 saturated heterocycles. The molecule has 0 heterocycles. The van der Waals surface area contributed by atoms with Crippen molar-refractivity contribution < 1.29 is 5.11 Å². The zero-order valence-corrected chi connectivity index (χ0v) is 8.38. The van der Waals surface area contributed by atoms with Crippen LogP contribution in [0.1, 0.15) is 13.3 Å². The van der Waals surface area contributed by atoms with E-state index in [9.17, 15) is 5.11 Å². The van der Waals surface area contributed by atoms with E-state index >= 15 is 0 Å². The van der Waals surface area contributed by atoms with Gasteiger partial charge in [0.1, 0.15) is 0 Å². The Morgan fingerprint density at radius 3 is 2.77 bits per heavy atom. The molecule has 1 rings (SSSR count). The fourth-order valence-electron chi connectivity index (χ4n) is 0.977. The van der Waals surface area contributed by atoms with Gasteiger partial charge in [-0.15, -0.1) is 0 Å². The number of anilines is 1. The van der Waals surface area contributed by atoms with Crippen LogP contribution >= 0.6 is 11.6 Å². The number of nitrogens with one attached hydrogen (secondary N) is 1. The number of benzene rings is 1. The van der Waals surface area contributed by atoms with Crippen molar-refractivity contribution in [2.45, 2.75) is 19.4 Å².